The van der Waals surface area contributed by atoms with Crippen molar-refractivity contribution in [2.45, 2.75) is 58.1 Å². The number of benzene rings is 2. The summed E-state index contributed by atoms with van der Waals surface area (Å²) in [5.74, 6) is 0.769. The maximum absolute atomic E-state index is 13.9. The van der Waals surface area contributed by atoms with E-state index in [0.717, 1.165) is 18.4 Å². The lowest BCUT2D eigenvalue weighted by molar-refractivity contribution is 0.0523. The Morgan fingerprint density at radius 1 is 1.06 bits per heavy atom. The normalized spacial score (nSPS) is 14.5. The summed E-state index contributed by atoms with van der Waals surface area (Å²) in [4.78, 5) is 26.7. The summed E-state index contributed by atoms with van der Waals surface area (Å²) in [6.45, 7) is 7.16. The molecule has 4 rings (SSSR count). The van der Waals surface area contributed by atoms with Crippen molar-refractivity contribution in [3.63, 3.8) is 0 Å². The van der Waals surface area contributed by atoms with E-state index in [2.05, 4.69) is 17.4 Å². The average molecular weight is 493 g/mol. The molecule has 0 bridgehead atoms. The average Bonchev–Trinajstić information content (AvgIpc) is 3.31. The van der Waals surface area contributed by atoms with Crippen molar-refractivity contribution in [1.29, 1.82) is 0 Å². The molecule has 1 aliphatic rings. The molecule has 0 saturated carbocycles. The number of likely N-dealkylation sites (tertiary alicyclic amines) is 1. The van der Waals surface area contributed by atoms with Crippen LogP contribution in [0, 0.1) is 5.82 Å². The first-order valence-electron chi connectivity index (χ1n) is 12.3. The fourth-order valence-electron chi connectivity index (χ4n) is 4.43. The molecule has 1 aliphatic heterocycles. The summed E-state index contributed by atoms with van der Waals surface area (Å²) in [6.07, 6.45) is 1.56. The van der Waals surface area contributed by atoms with Crippen LogP contribution in [0.4, 0.5) is 9.18 Å². The molecule has 2 heterocycles. The van der Waals surface area contributed by atoms with Gasteiger partial charge in [-0.05, 0) is 74.4 Å². The minimum Gasteiger partial charge on any atom is -0.456 e. The first kappa shape index (κ1) is 25.5. The van der Waals surface area contributed by atoms with Gasteiger partial charge in [-0.25, -0.2) is 9.18 Å². The molecule has 2 amide bonds. The molecule has 1 N–H and O–H groups in total. The van der Waals surface area contributed by atoms with Crippen molar-refractivity contribution in [1.82, 2.24) is 10.2 Å². The van der Waals surface area contributed by atoms with Gasteiger partial charge in [0.2, 0.25) is 0 Å². The van der Waals surface area contributed by atoms with Crippen LogP contribution in [0.3, 0.4) is 0 Å². The molecule has 1 saturated heterocycles. The van der Waals surface area contributed by atoms with Crippen LogP contribution in [-0.4, -0.2) is 35.6 Å². The van der Waals surface area contributed by atoms with Crippen LogP contribution in [0.2, 0.25) is 0 Å². The monoisotopic (exact) mass is 492 g/mol. The van der Waals surface area contributed by atoms with Crippen LogP contribution in [0.5, 0.6) is 0 Å². The molecular weight excluding hydrogens is 459 g/mol. The summed E-state index contributed by atoms with van der Waals surface area (Å²) in [5.41, 5.74) is 2.22. The SMILES string of the molecule is CC(C)(C)OC(=O)NCc1cccc(C2CCN(C(=O)c3ccc(Cc4ccccc4F)o3)CC2)c1. The lowest BCUT2D eigenvalue weighted by Crippen LogP contribution is -2.37. The summed E-state index contributed by atoms with van der Waals surface area (Å²) in [5, 5.41) is 2.80. The van der Waals surface area contributed by atoms with Crippen LogP contribution >= 0.6 is 0 Å². The molecular formula is C29H33FN2O4. The van der Waals surface area contributed by atoms with Crippen molar-refractivity contribution >= 4 is 12.0 Å². The molecule has 0 aliphatic carbocycles. The molecule has 0 atom stereocenters. The van der Waals surface area contributed by atoms with Crippen LogP contribution in [-0.2, 0) is 17.7 Å². The smallest absolute Gasteiger partial charge is 0.407 e. The van der Waals surface area contributed by atoms with E-state index >= 15 is 0 Å². The second-order valence-electron chi connectivity index (χ2n) is 10.2. The third kappa shape index (κ3) is 6.74. The van der Waals surface area contributed by atoms with Crippen molar-refractivity contribution in [3.8, 4) is 0 Å². The van der Waals surface area contributed by atoms with E-state index in [-0.39, 0.29) is 17.5 Å². The molecule has 0 unspecified atom stereocenters. The highest BCUT2D eigenvalue weighted by atomic mass is 19.1. The van der Waals surface area contributed by atoms with Gasteiger partial charge in [0.1, 0.15) is 17.2 Å². The number of hydrogen-bond donors (Lipinski definition) is 1. The number of rotatable bonds is 6. The van der Waals surface area contributed by atoms with E-state index in [9.17, 15) is 14.0 Å². The highest BCUT2D eigenvalue weighted by Crippen LogP contribution is 2.29. The quantitative estimate of drug-likeness (QED) is 0.454. The molecule has 1 fully saturated rings. The minimum atomic E-state index is -0.533. The van der Waals surface area contributed by atoms with Crippen LogP contribution in [0.15, 0.2) is 65.1 Å². The minimum absolute atomic E-state index is 0.136. The fourth-order valence-corrected chi connectivity index (χ4v) is 4.43. The predicted molar refractivity (Wildman–Crippen MR) is 135 cm³/mol. The molecule has 3 aromatic rings. The zero-order valence-electron chi connectivity index (χ0n) is 21.1. The highest BCUT2D eigenvalue weighted by molar-refractivity contribution is 5.91. The number of ether oxygens (including phenoxy) is 1. The first-order valence-corrected chi connectivity index (χ1v) is 12.3. The molecule has 6 nitrogen and oxygen atoms in total. The number of alkyl carbamates (subject to hydrolysis) is 1. The Hall–Kier alpha value is -3.61. The topological polar surface area (TPSA) is 71.8 Å². The van der Waals surface area contributed by atoms with E-state index in [0.29, 0.717) is 43.3 Å². The Morgan fingerprint density at radius 3 is 2.53 bits per heavy atom. The summed E-state index contributed by atoms with van der Waals surface area (Å²) < 4.78 is 25.0. The van der Waals surface area contributed by atoms with Crippen molar-refractivity contribution in [2.24, 2.45) is 0 Å². The zero-order valence-corrected chi connectivity index (χ0v) is 21.1. The van der Waals surface area contributed by atoms with Gasteiger partial charge in [0.05, 0.1) is 0 Å². The van der Waals surface area contributed by atoms with Gasteiger partial charge < -0.3 is 19.4 Å². The number of amides is 2. The number of nitrogens with one attached hydrogen (secondary N) is 1. The molecule has 2 aromatic carbocycles. The number of piperidine rings is 1. The second-order valence-corrected chi connectivity index (χ2v) is 10.2. The molecule has 1 aromatic heterocycles. The predicted octanol–water partition coefficient (Wildman–Crippen LogP) is 6.05. The van der Waals surface area contributed by atoms with E-state index < -0.39 is 11.7 Å². The van der Waals surface area contributed by atoms with Crippen molar-refractivity contribution in [2.75, 3.05) is 13.1 Å². The zero-order chi connectivity index (χ0) is 25.7. The van der Waals surface area contributed by atoms with Crippen LogP contribution in [0.25, 0.3) is 0 Å². The number of nitrogens with zero attached hydrogens (tertiary/aromatic N) is 1. The van der Waals surface area contributed by atoms with Gasteiger partial charge in [-0.15, -0.1) is 0 Å². The van der Waals surface area contributed by atoms with Crippen LogP contribution < -0.4 is 5.32 Å². The Balaban J connectivity index is 1.30. The molecule has 0 radical (unpaired) electrons. The van der Waals surface area contributed by atoms with Crippen molar-refractivity contribution < 1.29 is 23.1 Å². The number of carbonyl (C=O) groups excluding carboxylic acids is 2. The standard InChI is InChI=1S/C29H33FN2O4/c1-29(2,3)36-28(34)31-19-20-7-6-9-22(17-20)21-13-15-32(16-14-21)27(33)26-12-11-24(35-26)18-23-8-4-5-10-25(23)30/h4-12,17,21H,13-16,18-19H2,1-3H3,(H,31,34). The Labute approximate surface area is 211 Å². The van der Waals surface area contributed by atoms with Gasteiger partial charge in [0.15, 0.2) is 5.76 Å². The molecule has 0 spiro atoms. The summed E-state index contributed by atoms with van der Waals surface area (Å²) in [7, 11) is 0. The molecule has 7 heteroatoms. The lowest BCUT2D eigenvalue weighted by Gasteiger charge is -2.32. The van der Waals surface area contributed by atoms with Gasteiger partial charge in [-0.3, -0.25) is 4.79 Å². The number of halogens is 1. The summed E-state index contributed by atoms with van der Waals surface area (Å²) in [6, 6.07) is 18.2. The van der Waals surface area contributed by atoms with Gasteiger partial charge in [0.25, 0.3) is 5.91 Å². The number of hydrogen-bond acceptors (Lipinski definition) is 4. The van der Waals surface area contributed by atoms with Gasteiger partial charge in [-0.2, -0.15) is 0 Å². The third-order valence-electron chi connectivity index (χ3n) is 6.24. The Morgan fingerprint density at radius 2 is 1.81 bits per heavy atom. The van der Waals surface area contributed by atoms with Crippen LogP contribution in [0.1, 0.15) is 72.5 Å². The second kappa shape index (κ2) is 11.0. The van der Waals surface area contributed by atoms with E-state index in [4.69, 9.17) is 9.15 Å². The Bertz CT molecular complexity index is 1210. The van der Waals surface area contributed by atoms with E-state index in [1.807, 2.05) is 37.8 Å². The van der Waals surface area contributed by atoms with Crippen molar-refractivity contribution in [3.05, 3.63) is 94.7 Å². The van der Waals surface area contributed by atoms with E-state index in [1.54, 1.807) is 30.3 Å². The maximum Gasteiger partial charge on any atom is 0.407 e. The van der Waals surface area contributed by atoms with Gasteiger partial charge in [-0.1, -0.05) is 42.5 Å². The van der Waals surface area contributed by atoms with E-state index in [1.165, 1.54) is 11.6 Å². The first-order chi connectivity index (χ1) is 17.2. The molecule has 190 valence electrons. The number of carbonyl (C=O) groups is 2. The fraction of sp³-hybridized carbons (Fsp3) is 0.379. The van der Waals surface area contributed by atoms with Gasteiger partial charge in [0, 0.05) is 26.1 Å². The Kier molecular flexibility index (Phi) is 7.77. The number of furan rings is 1. The largest absolute Gasteiger partial charge is 0.456 e. The highest BCUT2D eigenvalue weighted by Gasteiger charge is 2.26. The lowest BCUT2D eigenvalue weighted by atomic mass is 9.88. The third-order valence-corrected chi connectivity index (χ3v) is 6.24. The molecule has 36 heavy (non-hydrogen) atoms. The summed E-state index contributed by atoms with van der Waals surface area (Å²) >= 11 is 0. The van der Waals surface area contributed by atoms with Gasteiger partial charge >= 0.3 is 6.09 Å². The maximum atomic E-state index is 13.9.